The van der Waals surface area contributed by atoms with Gasteiger partial charge in [-0.05, 0) is 17.6 Å². The van der Waals surface area contributed by atoms with Gasteiger partial charge in [0.25, 0.3) is 0 Å². The minimum Gasteiger partial charge on any atom is -0.259 e. The van der Waals surface area contributed by atoms with Crippen LogP contribution >= 0.6 is 0 Å². The van der Waals surface area contributed by atoms with Crippen molar-refractivity contribution in [2.24, 2.45) is 5.41 Å². The van der Waals surface area contributed by atoms with Crippen LogP contribution in [0.4, 0.5) is 0 Å². The molecule has 0 aromatic heterocycles. The van der Waals surface area contributed by atoms with Crippen molar-refractivity contribution >= 4 is 10.8 Å². The van der Waals surface area contributed by atoms with Gasteiger partial charge in [-0.2, -0.15) is 0 Å². The highest BCUT2D eigenvalue weighted by Gasteiger charge is 2.18. The number of allylic oxidation sites excluding steroid dienone is 5. The molecule has 1 aliphatic heterocycles. The van der Waals surface area contributed by atoms with Gasteiger partial charge in [0.2, 0.25) is 0 Å². The van der Waals surface area contributed by atoms with Gasteiger partial charge in [-0.3, -0.25) is 4.21 Å². The van der Waals surface area contributed by atoms with E-state index in [1.807, 2.05) is 0 Å². The fourth-order valence-electron chi connectivity index (χ4n) is 1.75. The average molecular weight is 208 g/mol. The summed E-state index contributed by atoms with van der Waals surface area (Å²) in [7, 11) is -0.634. The highest BCUT2D eigenvalue weighted by Crippen LogP contribution is 2.29. The molecule has 1 nitrogen and oxygen atoms in total. The molecule has 76 valence electrons. The van der Waals surface area contributed by atoms with Crippen molar-refractivity contribution in [1.29, 1.82) is 0 Å². The molecule has 0 aromatic carbocycles. The van der Waals surface area contributed by atoms with E-state index in [2.05, 4.69) is 38.2 Å². The van der Waals surface area contributed by atoms with Crippen molar-refractivity contribution in [3.05, 3.63) is 35.5 Å². The van der Waals surface area contributed by atoms with Gasteiger partial charge in [0.05, 0.1) is 0 Å². The standard InChI is InChI=1S/C12H16OS/c1-12(2)6-3-10-5-8-14(13)9-11(10)4-7-12/h3-4,6-7H,5,8-9H2,1-2H3. The first kappa shape index (κ1) is 9.91. The molecule has 0 radical (unpaired) electrons. The third kappa shape index (κ3) is 2.06. The van der Waals surface area contributed by atoms with E-state index in [0.29, 0.717) is 0 Å². The fourth-order valence-corrected chi connectivity index (χ4v) is 2.97. The van der Waals surface area contributed by atoms with E-state index in [0.717, 1.165) is 17.9 Å². The summed E-state index contributed by atoms with van der Waals surface area (Å²) in [6, 6.07) is 0. The normalized spacial score (nSPS) is 30.0. The van der Waals surface area contributed by atoms with Crippen LogP contribution < -0.4 is 0 Å². The number of rotatable bonds is 0. The summed E-state index contributed by atoms with van der Waals surface area (Å²) >= 11 is 0. The van der Waals surface area contributed by atoms with Gasteiger partial charge in [0.15, 0.2) is 0 Å². The first-order valence-corrected chi connectivity index (χ1v) is 6.51. The Kier molecular flexibility index (Phi) is 2.48. The molecular formula is C12H16OS. The second-order valence-corrected chi connectivity index (χ2v) is 6.15. The molecular weight excluding hydrogens is 192 g/mol. The van der Waals surface area contributed by atoms with E-state index in [1.165, 1.54) is 11.1 Å². The van der Waals surface area contributed by atoms with Crippen LogP contribution in [0.25, 0.3) is 0 Å². The predicted octanol–water partition coefficient (Wildman–Crippen LogP) is 2.59. The lowest BCUT2D eigenvalue weighted by Gasteiger charge is -2.14. The Hall–Kier alpha value is -0.630. The molecule has 1 aliphatic carbocycles. The molecule has 1 unspecified atom stereocenters. The zero-order valence-corrected chi connectivity index (χ0v) is 9.56. The Morgan fingerprint density at radius 2 is 1.86 bits per heavy atom. The van der Waals surface area contributed by atoms with Crippen LogP contribution in [-0.4, -0.2) is 15.7 Å². The third-order valence-corrected chi connectivity index (χ3v) is 4.05. The monoisotopic (exact) mass is 208 g/mol. The minimum absolute atomic E-state index is 0.138. The van der Waals surface area contributed by atoms with E-state index in [-0.39, 0.29) is 5.41 Å². The Balaban J connectivity index is 2.34. The number of hydrogen-bond acceptors (Lipinski definition) is 1. The minimum atomic E-state index is -0.634. The highest BCUT2D eigenvalue weighted by atomic mass is 32.2. The maximum absolute atomic E-state index is 11.4. The van der Waals surface area contributed by atoms with Crippen molar-refractivity contribution in [2.45, 2.75) is 20.3 Å². The lowest BCUT2D eigenvalue weighted by molar-refractivity contribution is 0.626. The smallest absolute Gasteiger partial charge is 0.0488 e. The van der Waals surface area contributed by atoms with Crippen LogP contribution in [0.3, 0.4) is 0 Å². The molecule has 0 aromatic rings. The topological polar surface area (TPSA) is 17.1 Å². The summed E-state index contributed by atoms with van der Waals surface area (Å²) in [5.41, 5.74) is 2.79. The van der Waals surface area contributed by atoms with E-state index in [9.17, 15) is 4.21 Å². The molecule has 2 heteroatoms. The maximum atomic E-state index is 11.4. The third-order valence-electron chi connectivity index (χ3n) is 2.76. The summed E-state index contributed by atoms with van der Waals surface area (Å²) in [5.74, 6) is 1.57. The Morgan fingerprint density at radius 3 is 2.57 bits per heavy atom. The van der Waals surface area contributed by atoms with Crippen LogP contribution in [-0.2, 0) is 10.8 Å². The summed E-state index contributed by atoms with van der Waals surface area (Å²) in [6.45, 7) is 4.38. The van der Waals surface area contributed by atoms with Crippen LogP contribution in [0, 0.1) is 5.41 Å². The van der Waals surface area contributed by atoms with Crippen LogP contribution in [0.15, 0.2) is 35.5 Å². The summed E-state index contributed by atoms with van der Waals surface area (Å²) < 4.78 is 11.4. The van der Waals surface area contributed by atoms with E-state index in [4.69, 9.17) is 0 Å². The van der Waals surface area contributed by atoms with Crippen LogP contribution in [0.1, 0.15) is 20.3 Å². The predicted molar refractivity (Wildman–Crippen MR) is 61.6 cm³/mol. The Morgan fingerprint density at radius 1 is 1.21 bits per heavy atom. The molecule has 0 saturated carbocycles. The van der Waals surface area contributed by atoms with Crippen molar-refractivity contribution < 1.29 is 4.21 Å². The highest BCUT2D eigenvalue weighted by molar-refractivity contribution is 7.85. The van der Waals surface area contributed by atoms with Crippen LogP contribution in [0.2, 0.25) is 0 Å². The molecule has 0 amide bonds. The van der Waals surface area contributed by atoms with Crippen molar-refractivity contribution in [3.63, 3.8) is 0 Å². The zero-order valence-electron chi connectivity index (χ0n) is 8.75. The van der Waals surface area contributed by atoms with Gasteiger partial charge >= 0.3 is 0 Å². The Labute approximate surface area is 88.0 Å². The second kappa shape index (κ2) is 3.50. The molecule has 2 rings (SSSR count). The maximum Gasteiger partial charge on any atom is 0.0488 e. The first-order chi connectivity index (χ1) is 6.57. The van der Waals surface area contributed by atoms with Crippen molar-refractivity contribution in [2.75, 3.05) is 11.5 Å². The Bertz CT molecular complexity index is 359. The average Bonchev–Trinajstić information content (AvgIpc) is 2.26. The van der Waals surface area contributed by atoms with Gasteiger partial charge in [-0.1, -0.05) is 38.2 Å². The van der Waals surface area contributed by atoms with Crippen molar-refractivity contribution in [1.82, 2.24) is 0 Å². The van der Waals surface area contributed by atoms with Gasteiger partial charge < -0.3 is 0 Å². The second-order valence-electron chi connectivity index (χ2n) is 4.58. The molecule has 0 fully saturated rings. The quantitative estimate of drug-likeness (QED) is 0.598. The SMILES string of the molecule is CC1(C)C=CC2=C(C=C1)CS(=O)CC2. The zero-order chi connectivity index (χ0) is 10.2. The summed E-state index contributed by atoms with van der Waals surface area (Å²) in [4.78, 5) is 0. The lowest BCUT2D eigenvalue weighted by atomic mass is 9.93. The lowest BCUT2D eigenvalue weighted by Crippen LogP contribution is -2.12. The number of hydrogen-bond donors (Lipinski definition) is 0. The molecule has 0 saturated heterocycles. The van der Waals surface area contributed by atoms with Crippen LogP contribution in [0.5, 0.6) is 0 Å². The molecule has 0 N–H and O–H groups in total. The van der Waals surface area contributed by atoms with E-state index >= 15 is 0 Å². The molecule has 0 bridgehead atoms. The van der Waals surface area contributed by atoms with E-state index in [1.54, 1.807) is 0 Å². The molecule has 1 heterocycles. The van der Waals surface area contributed by atoms with Gasteiger partial charge in [-0.15, -0.1) is 0 Å². The molecule has 1 atom stereocenters. The van der Waals surface area contributed by atoms with Gasteiger partial charge in [0, 0.05) is 27.7 Å². The summed E-state index contributed by atoms with van der Waals surface area (Å²) in [6.07, 6.45) is 9.78. The van der Waals surface area contributed by atoms with Crippen molar-refractivity contribution in [3.8, 4) is 0 Å². The largest absolute Gasteiger partial charge is 0.259 e. The fraction of sp³-hybridized carbons (Fsp3) is 0.500. The molecule has 0 spiro atoms. The molecule has 14 heavy (non-hydrogen) atoms. The van der Waals surface area contributed by atoms with Gasteiger partial charge in [-0.25, -0.2) is 0 Å². The van der Waals surface area contributed by atoms with Gasteiger partial charge in [0.1, 0.15) is 0 Å². The first-order valence-electron chi connectivity index (χ1n) is 5.02. The summed E-state index contributed by atoms with van der Waals surface area (Å²) in [5, 5.41) is 0. The van der Waals surface area contributed by atoms with E-state index < -0.39 is 10.8 Å². The molecule has 2 aliphatic rings.